The Morgan fingerprint density at radius 3 is 3.00 bits per heavy atom. The number of phenols is 1. The van der Waals surface area contributed by atoms with Crippen molar-refractivity contribution in [1.29, 1.82) is 0 Å². The Bertz CT molecular complexity index is 349. The van der Waals surface area contributed by atoms with Crippen LogP contribution < -0.4 is 5.32 Å². The lowest BCUT2D eigenvalue weighted by Gasteiger charge is -2.29. The van der Waals surface area contributed by atoms with Gasteiger partial charge in [-0.05, 0) is 50.3 Å². The summed E-state index contributed by atoms with van der Waals surface area (Å²) in [5.74, 6) is 0.374. The first-order valence-corrected chi connectivity index (χ1v) is 5.37. The van der Waals surface area contributed by atoms with E-state index in [-0.39, 0.29) is 0 Å². The highest BCUT2D eigenvalue weighted by molar-refractivity contribution is 5.38. The lowest BCUT2D eigenvalue weighted by atomic mass is 9.94. The van der Waals surface area contributed by atoms with Gasteiger partial charge in [0.05, 0.1) is 0 Å². The Balaban J connectivity index is 2.26. The Kier molecular flexibility index (Phi) is 2.93. The Morgan fingerprint density at radius 1 is 1.47 bits per heavy atom. The number of rotatable bonds is 2. The molecule has 15 heavy (non-hydrogen) atoms. The molecule has 3 nitrogen and oxygen atoms in total. The summed E-state index contributed by atoms with van der Waals surface area (Å²) in [6.07, 6.45) is 1.01. The molecule has 0 fully saturated rings. The molecule has 0 amide bonds. The minimum absolute atomic E-state index is 0.374. The monoisotopic (exact) mass is 206 g/mol. The molecule has 0 aromatic heterocycles. The van der Waals surface area contributed by atoms with E-state index in [4.69, 9.17) is 0 Å². The quantitative estimate of drug-likeness (QED) is 0.761. The maximum absolute atomic E-state index is 9.43. The summed E-state index contributed by atoms with van der Waals surface area (Å²) < 4.78 is 0. The molecule has 0 aliphatic carbocycles. The van der Waals surface area contributed by atoms with Gasteiger partial charge >= 0.3 is 0 Å². The van der Waals surface area contributed by atoms with E-state index in [0.717, 1.165) is 19.5 Å². The molecule has 1 heterocycles. The summed E-state index contributed by atoms with van der Waals surface area (Å²) in [6.45, 7) is 1.99. The largest absolute Gasteiger partial charge is 0.508 e. The van der Waals surface area contributed by atoms with Gasteiger partial charge in [0, 0.05) is 12.6 Å². The van der Waals surface area contributed by atoms with E-state index in [1.54, 1.807) is 6.07 Å². The average molecular weight is 206 g/mol. The second-order valence-corrected chi connectivity index (χ2v) is 4.40. The highest BCUT2D eigenvalue weighted by atomic mass is 16.3. The van der Waals surface area contributed by atoms with E-state index in [1.807, 2.05) is 12.1 Å². The van der Waals surface area contributed by atoms with Crippen molar-refractivity contribution in [2.24, 2.45) is 0 Å². The first-order chi connectivity index (χ1) is 7.16. The van der Waals surface area contributed by atoms with Gasteiger partial charge in [-0.1, -0.05) is 6.07 Å². The number of nitrogens with one attached hydrogen (secondary N) is 1. The highest BCUT2D eigenvalue weighted by Crippen LogP contribution is 2.26. The predicted molar refractivity (Wildman–Crippen MR) is 61.1 cm³/mol. The van der Waals surface area contributed by atoms with Crippen LogP contribution in [0, 0.1) is 0 Å². The van der Waals surface area contributed by atoms with Crippen molar-refractivity contribution < 1.29 is 5.11 Å². The first kappa shape index (κ1) is 10.5. The number of nitrogens with zero attached hydrogens (tertiary/aromatic N) is 1. The molecule has 0 saturated heterocycles. The van der Waals surface area contributed by atoms with Crippen LogP contribution in [0.5, 0.6) is 5.75 Å². The number of benzene rings is 1. The molecule has 1 aliphatic heterocycles. The van der Waals surface area contributed by atoms with Crippen LogP contribution in [-0.2, 0) is 6.42 Å². The average Bonchev–Trinajstić information content (AvgIpc) is 2.16. The molecule has 3 heteroatoms. The number of hydrogen-bond donors (Lipinski definition) is 2. The third-order valence-electron chi connectivity index (χ3n) is 2.83. The molecule has 0 saturated carbocycles. The second kappa shape index (κ2) is 4.21. The van der Waals surface area contributed by atoms with Crippen LogP contribution >= 0.6 is 0 Å². The fourth-order valence-corrected chi connectivity index (χ4v) is 2.17. The standard InChI is InChI=1S/C12H18N2O/c1-14(2)8-12-11-4-3-10(15)7-9(11)5-6-13-12/h3-4,7,12-13,15H,5-6,8H2,1-2H3. The van der Waals surface area contributed by atoms with Crippen LogP contribution in [0.25, 0.3) is 0 Å². The van der Waals surface area contributed by atoms with Crippen LogP contribution in [0.15, 0.2) is 18.2 Å². The molecule has 1 atom stereocenters. The van der Waals surface area contributed by atoms with Crippen LogP contribution in [0.4, 0.5) is 0 Å². The van der Waals surface area contributed by atoms with Crippen molar-refractivity contribution in [3.8, 4) is 5.75 Å². The predicted octanol–water partition coefficient (Wildman–Crippen LogP) is 1.14. The highest BCUT2D eigenvalue weighted by Gasteiger charge is 2.19. The maximum atomic E-state index is 9.43. The minimum atomic E-state index is 0.374. The number of hydrogen-bond acceptors (Lipinski definition) is 3. The van der Waals surface area contributed by atoms with Crippen molar-refractivity contribution in [3.63, 3.8) is 0 Å². The molecule has 1 aromatic rings. The summed E-state index contributed by atoms with van der Waals surface area (Å²) >= 11 is 0. The topological polar surface area (TPSA) is 35.5 Å². The second-order valence-electron chi connectivity index (χ2n) is 4.40. The summed E-state index contributed by atoms with van der Waals surface area (Å²) in [6, 6.07) is 6.09. The van der Waals surface area contributed by atoms with Gasteiger partial charge in [0.1, 0.15) is 5.75 Å². The van der Waals surface area contributed by atoms with Gasteiger partial charge in [-0.15, -0.1) is 0 Å². The van der Waals surface area contributed by atoms with E-state index in [0.29, 0.717) is 11.8 Å². The third kappa shape index (κ3) is 2.30. The van der Waals surface area contributed by atoms with E-state index in [9.17, 15) is 5.11 Å². The zero-order valence-corrected chi connectivity index (χ0v) is 9.33. The van der Waals surface area contributed by atoms with E-state index in [1.165, 1.54) is 11.1 Å². The lowest BCUT2D eigenvalue weighted by molar-refractivity contribution is 0.334. The molecule has 1 aromatic carbocycles. The van der Waals surface area contributed by atoms with Crippen LogP contribution in [0.3, 0.4) is 0 Å². The number of aromatic hydroxyl groups is 1. The number of likely N-dealkylation sites (N-methyl/N-ethyl adjacent to an activating group) is 1. The molecule has 0 bridgehead atoms. The molecule has 2 N–H and O–H groups in total. The van der Waals surface area contributed by atoms with Crippen molar-refractivity contribution in [2.75, 3.05) is 27.2 Å². The van der Waals surface area contributed by atoms with Gasteiger partial charge in [0.25, 0.3) is 0 Å². The minimum Gasteiger partial charge on any atom is -0.508 e. The molecule has 2 rings (SSSR count). The lowest BCUT2D eigenvalue weighted by Crippen LogP contribution is -2.36. The molecule has 0 radical (unpaired) electrons. The van der Waals surface area contributed by atoms with E-state index in [2.05, 4.69) is 24.3 Å². The first-order valence-electron chi connectivity index (χ1n) is 5.37. The summed E-state index contributed by atoms with van der Waals surface area (Å²) in [4.78, 5) is 2.18. The number of fused-ring (bicyclic) bond motifs is 1. The van der Waals surface area contributed by atoms with Crippen LogP contribution in [-0.4, -0.2) is 37.2 Å². The zero-order chi connectivity index (χ0) is 10.8. The van der Waals surface area contributed by atoms with Gasteiger partial charge in [-0.25, -0.2) is 0 Å². The van der Waals surface area contributed by atoms with Crippen molar-refractivity contribution in [2.45, 2.75) is 12.5 Å². The SMILES string of the molecule is CN(C)CC1NCCc2cc(O)ccc21. The maximum Gasteiger partial charge on any atom is 0.115 e. The molecular formula is C12H18N2O. The van der Waals surface area contributed by atoms with Gasteiger partial charge in [-0.3, -0.25) is 0 Å². The van der Waals surface area contributed by atoms with Crippen LogP contribution in [0.1, 0.15) is 17.2 Å². The molecule has 82 valence electrons. The Morgan fingerprint density at radius 2 is 2.27 bits per heavy atom. The summed E-state index contributed by atoms with van der Waals surface area (Å²) in [5.41, 5.74) is 2.60. The molecule has 1 unspecified atom stereocenters. The Labute approximate surface area is 90.7 Å². The van der Waals surface area contributed by atoms with Gasteiger partial charge < -0.3 is 15.3 Å². The third-order valence-corrected chi connectivity index (χ3v) is 2.83. The van der Waals surface area contributed by atoms with Crippen LogP contribution in [0.2, 0.25) is 0 Å². The molecule has 1 aliphatic rings. The van der Waals surface area contributed by atoms with Gasteiger partial charge in [0.15, 0.2) is 0 Å². The van der Waals surface area contributed by atoms with Gasteiger partial charge in [-0.2, -0.15) is 0 Å². The zero-order valence-electron chi connectivity index (χ0n) is 9.33. The Hall–Kier alpha value is -1.06. The fraction of sp³-hybridized carbons (Fsp3) is 0.500. The number of phenolic OH excluding ortho intramolecular Hbond substituents is 1. The normalized spacial score (nSPS) is 20.3. The molecular weight excluding hydrogens is 188 g/mol. The van der Waals surface area contributed by atoms with Crippen molar-refractivity contribution in [3.05, 3.63) is 29.3 Å². The van der Waals surface area contributed by atoms with Crippen molar-refractivity contribution >= 4 is 0 Å². The van der Waals surface area contributed by atoms with E-state index < -0.39 is 0 Å². The fourth-order valence-electron chi connectivity index (χ4n) is 2.17. The summed E-state index contributed by atoms with van der Waals surface area (Å²) in [5, 5.41) is 12.9. The van der Waals surface area contributed by atoms with Gasteiger partial charge in [0.2, 0.25) is 0 Å². The van der Waals surface area contributed by atoms with E-state index >= 15 is 0 Å². The summed E-state index contributed by atoms with van der Waals surface area (Å²) in [7, 11) is 4.16. The van der Waals surface area contributed by atoms with Crippen molar-refractivity contribution in [1.82, 2.24) is 10.2 Å². The molecule has 0 spiro atoms. The smallest absolute Gasteiger partial charge is 0.115 e.